The van der Waals surface area contributed by atoms with Gasteiger partial charge in [-0.15, -0.1) is 10.2 Å². The lowest BCUT2D eigenvalue weighted by Gasteiger charge is -2.11. The number of benzene rings is 2. The maximum atomic E-state index is 5.50. The highest BCUT2D eigenvalue weighted by molar-refractivity contribution is 5.70. The molecule has 0 aliphatic rings. The van der Waals surface area contributed by atoms with Crippen LogP contribution in [0.4, 0.5) is 0 Å². The summed E-state index contributed by atoms with van der Waals surface area (Å²) in [6.45, 7) is 3.83. The molecule has 0 radical (unpaired) electrons. The third-order valence-corrected chi connectivity index (χ3v) is 3.68. The zero-order valence-corrected chi connectivity index (χ0v) is 12.9. The Morgan fingerprint density at radius 3 is 2.32 bits per heavy atom. The van der Waals surface area contributed by atoms with Crippen molar-refractivity contribution >= 4 is 0 Å². The van der Waals surface area contributed by atoms with Crippen molar-refractivity contribution in [3.05, 3.63) is 60.0 Å². The van der Waals surface area contributed by atoms with Gasteiger partial charge in [0.25, 0.3) is 0 Å². The molecule has 0 saturated heterocycles. The lowest BCUT2D eigenvalue weighted by Crippen LogP contribution is -1.95. The standard InChI is InChI=1S/C18H18N2O2/c1-12(21-3)14-6-4-7-15(10-14)16-8-5-9-17(11-16)18-20-19-13(2)22-18/h4-12H,1-3H3/t12-/m0/s1. The molecule has 1 atom stereocenters. The Kier molecular flexibility index (Phi) is 4.02. The average molecular weight is 294 g/mol. The number of aromatic nitrogens is 2. The predicted molar refractivity (Wildman–Crippen MR) is 85.3 cm³/mol. The molecule has 0 N–H and O–H groups in total. The topological polar surface area (TPSA) is 48.2 Å². The molecule has 0 amide bonds. The van der Waals surface area contributed by atoms with Crippen LogP contribution in [0.3, 0.4) is 0 Å². The van der Waals surface area contributed by atoms with Crippen molar-refractivity contribution in [3.8, 4) is 22.6 Å². The van der Waals surface area contributed by atoms with Gasteiger partial charge in [-0.3, -0.25) is 0 Å². The van der Waals surface area contributed by atoms with E-state index in [-0.39, 0.29) is 6.10 Å². The molecule has 1 heterocycles. The molecule has 0 fully saturated rings. The second-order valence-corrected chi connectivity index (χ2v) is 5.21. The Morgan fingerprint density at radius 2 is 1.64 bits per heavy atom. The summed E-state index contributed by atoms with van der Waals surface area (Å²) in [4.78, 5) is 0. The van der Waals surface area contributed by atoms with Gasteiger partial charge in [-0.1, -0.05) is 30.3 Å². The highest BCUT2D eigenvalue weighted by Crippen LogP contribution is 2.28. The van der Waals surface area contributed by atoms with Gasteiger partial charge >= 0.3 is 0 Å². The summed E-state index contributed by atoms with van der Waals surface area (Å²) in [6, 6.07) is 16.4. The van der Waals surface area contributed by atoms with Crippen molar-refractivity contribution in [1.29, 1.82) is 0 Å². The van der Waals surface area contributed by atoms with Crippen LogP contribution in [0.1, 0.15) is 24.5 Å². The number of nitrogens with zero attached hydrogens (tertiary/aromatic N) is 2. The average Bonchev–Trinajstić information content (AvgIpc) is 3.01. The number of aryl methyl sites for hydroxylation is 1. The molecule has 2 aromatic carbocycles. The summed E-state index contributed by atoms with van der Waals surface area (Å²) in [5, 5.41) is 7.95. The van der Waals surface area contributed by atoms with E-state index in [1.54, 1.807) is 14.0 Å². The van der Waals surface area contributed by atoms with E-state index >= 15 is 0 Å². The quantitative estimate of drug-likeness (QED) is 0.714. The summed E-state index contributed by atoms with van der Waals surface area (Å²) >= 11 is 0. The summed E-state index contributed by atoms with van der Waals surface area (Å²) in [7, 11) is 1.72. The van der Waals surface area contributed by atoms with Gasteiger partial charge in [0.15, 0.2) is 0 Å². The van der Waals surface area contributed by atoms with Gasteiger partial charge in [-0.25, -0.2) is 0 Å². The number of ether oxygens (including phenoxy) is 1. The Hall–Kier alpha value is -2.46. The number of hydrogen-bond acceptors (Lipinski definition) is 4. The molecule has 0 bridgehead atoms. The summed E-state index contributed by atoms with van der Waals surface area (Å²) < 4.78 is 10.9. The third-order valence-electron chi connectivity index (χ3n) is 3.68. The smallest absolute Gasteiger partial charge is 0.247 e. The fourth-order valence-corrected chi connectivity index (χ4v) is 2.35. The van der Waals surface area contributed by atoms with E-state index in [9.17, 15) is 0 Å². The predicted octanol–water partition coefficient (Wildman–Crippen LogP) is 4.42. The third kappa shape index (κ3) is 2.92. The van der Waals surface area contributed by atoms with Crippen LogP contribution in [0.15, 0.2) is 52.9 Å². The minimum Gasteiger partial charge on any atom is -0.421 e. The molecule has 0 aliphatic heterocycles. The Morgan fingerprint density at radius 1 is 0.955 bits per heavy atom. The zero-order chi connectivity index (χ0) is 15.5. The van der Waals surface area contributed by atoms with Crippen LogP contribution in [0.2, 0.25) is 0 Å². The van der Waals surface area contributed by atoms with Crippen LogP contribution in [-0.4, -0.2) is 17.3 Å². The van der Waals surface area contributed by atoms with E-state index in [0.29, 0.717) is 11.8 Å². The molecule has 112 valence electrons. The molecule has 1 aromatic heterocycles. The fourth-order valence-electron chi connectivity index (χ4n) is 2.35. The van der Waals surface area contributed by atoms with Crippen LogP contribution < -0.4 is 0 Å². The second kappa shape index (κ2) is 6.12. The van der Waals surface area contributed by atoms with E-state index in [2.05, 4.69) is 40.5 Å². The van der Waals surface area contributed by atoms with Crippen LogP contribution in [0.25, 0.3) is 22.6 Å². The van der Waals surface area contributed by atoms with Gasteiger partial charge < -0.3 is 9.15 Å². The zero-order valence-electron chi connectivity index (χ0n) is 12.9. The van der Waals surface area contributed by atoms with E-state index < -0.39 is 0 Å². The number of methoxy groups -OCH3 is 1. The Labute approximate surface area is 129 Å². The van der Waals surface area contributed by atoms with Crippen LogP contribution in [-0.2, 0) is 4.74 Å². The minimum absolute atomic E-state index is 0.0710. The first-order valence-electron chi connectivity index (χ1n) is 7.21. The van der Waals surface area contributed by atoms with Gasteiger partial charge in [-0.05, 0) is 41.8 Å². The molecule has 0 saturated carbocycles. The number of hydrogen-bond donors (Lipinski definition) is 0. The SMILES string of the molecule is CO[C@@H](C)c1cccc(-c2cccc(-c3nnc(C)o3)c2)c1. The fraction of sp³-hybridized carbons (Fsp3) is 0.222. The Bertz CT molecular complexity index is 780. The summed E-state index contributed by atoms with van der Waals surface area (Å²) in [5.74, 6) is 1.11. The van der Waals surface area contributed by atoms with Crippen LogP contribution in [0, 0.1) is 6.92 Å². The van der Waals surface area contributed by atoms with E-state index in [0.717, 1.165) is 22.3 Å². The largest absolute Gasteiger partial charge is 0.421 e. The van der Waals surface area contributed by atoms with Crippen molar-refractivity contribution in [2.24, 2.45) is 0 Å². The number of rotatable bonds is 4. The van der Waals surface area contributed by atoms with Gasteiger partial charge in [-0.2, -0.15) is 0 Å². The van der Waals surface area contributed by atoms with Crippen LogP contribution in [0.5, 0.6) is 0 Å². The van der Waals surface area contributed by atoms with E-state index in [1.165, 1.54) is 0 Å². The molecule has 3 rings (SSSR count). The van der Waals surface area contributed by atoms with Gasteiger partial charge in [0.05, 0.1) is 6.10 Å². The van der Waals surface area contributed by atoms with Crippen molar-refractivity contribution in [3.63, 3.8) is 0 Å². The molecule has 4 heteroatoms. The Balaban J connectivity index is 1.99. The molecule has 3 aromatic rings. The highest BCUT2D eigenvalue weighted by atomic mass is 16.5. The molecular formula is C18H18N2O2. The van der Waals surface area contributed by atoms with Crippen molar-refractivity contribution in [2.75, 3.05) is 7.11 Å². The highest BCUT2D eigenvalue weighted by Gasteiger charge is 2.09. The normalized spacial score (nSPS) is 12.3. The maximum absolute atomic E-state index is 5.50. The van der Waals surface area contributed by atoms with Crippen molar-refractivity contribution in [2.45, 2.75) is 20.0 Å². The second-order valence-electron chi connectivity index (χ2n) is 5.21. The van der Waals surface area contributed by atoms with Gasteiger partial charge in [0, 0.05) is 19.6 Å². The first-order valence-corrected chi connectivity index (χ1v) is 7.21. The first-order chi connectivity index (χ1) is 10.7. The first kappa shape index (κ1) is 14.5. The van der Waals surface area contributed by atoms with Crippen molar-refractivity contribution < 1.29 is 9.15 Å². The maximum Gasteiger partial charge on any atom is 0.247 e. The summed E-state index contributed by atoms with van der Waals surface area (Å²) in [6.07, 6.45) is 0.0710. The molecule has 4 nitrogen and oxygen atoms in total. The monoisotopic (exact) mass is 294 g/mol. The molecule has 22 heavy (non-hydrogen) atoms. The molecule has 0 aliphatic carbocycles. The molecule has 0 spiro atoms. The lowest BCUT2D eigenvalue weighted by molar-refractivity contribution is 0.119. The lowest BCUT2D eigenvalue weighted by atomic mass is 9.99. The van der Waals surface area contributed by atoms with Gasteiger partial charge in [0.2, 0.25) is 11.8 Å². The molecular weight excluding hydrogens is 276 g/mol. The van der Waals surface area contributed by atoms with Crippen LogP contribution >= 0.6 is 0 Å². The molecule has 0 unspecified atom stereocenters. The van der Waals surface area contributed by atoms with E-state index in [1.807, 2.05) is 25.1 Å². The minimum atomic E-state index is 0.0710. The van der Waals surface area contributed by atoms with E-state index in [4.69, 9.17) is 9.15 Å². The van der Waals surface area contributed by atoms with Crippen molar-refractivity contribution in [1.82, 2.24) is 10.2 Å². The summed E-state index contributed by atoms with van der Waals surface area (Å²) in [5.41, 5.74) is 4.32. The van der Waals surface area contributed by atoms with Gasteiger partial charge in [0.1, 0.15) is 0 Å².